The molecule has 3 rings (SSSR count). The summed E-state index contributed by atoms with van der Waals surface area (Å²) in [5.41, 5.74) is 1.58. The number of fused-ring (bicyclic) bond motifs is 1. The summed E-state index contributed by atoms with van der Waals surface area (Å²) >= 11 is 0. The smallest absolute Gasteiger partial charge is 0.407 e. The maximum absolute atomic E-state index is 13.3. The molecule has 2 aromatic rings. The highest BCUT2D eigenvalue weighted by atomic mass is 16.6. The first kappa shape index (κ1) is 29.3. The average Bonchev–Trinajstić information content (AvgIpc) is 2.89. The first-order chi connectivity index (χ1) is 18.4. The van der Waals surface area contributed by atoms with E-state index in [1.54, 1.807) is 51.1 Å². The number of hydrogen-bond donors (Lipinski definition) is 3. The second-order valence-electron chi connectivity index (χ2n) is 10.4. The molecule has 1 aliphatic rings. The van der Waals surface area contributed by atoms with Gasteiger partial charge in [-0.1, -0.05) is 54.6 Å². The number of carboxylic acid groups (broad SMARTS) is 1. The fraction of sp³-hybridized carbons (Fsp3) is 0.414. The number of carbonyl (C=O) groups excluding carboxylic acids is 4. The molecule has 10 nitrogen and oxygen atoms in total. The van der Waals surface area contributed by atoms with Gasteiger partial charge in [-0.25, -0.2) is 9.59 Å². The minimum atomic E-state index is -1.29. The van der Waals surface area contributed by atoms with E-state index in [-0.39, 0.29) is 50.5 Å². The molecule has 0 fully saturated rings. The number of alkyl carbamates (subject to hydrolysis) is 1. The van der Waals surface area contributed by atoms with Crippen molar-refractivity contribution in [1.82, 2.24) is 15.5 Å². The van der Waals surface area contributed by atoms with Crippen LogP contribution in [0.15, 0.2) is 54.6 Å². The van der Waals surface area contributed by atoms with E-state index in [2.05, 4.69) is 10.6 Å². The van der Waals surface area contributed by atoms with E-state index in [4.69, 9.17) is 4.74 Å². The van der Waals surface area contributed by atoms with Crippen LogP contribution in [-0.4, -0.2) is 63.9 Å². The molecule has 3 amide bonds. The number of carbonyl (C=O) groups is 5. The van der Waals surface area contributed by atoms with Crippen molar-refractivity contribution in [2.45, 2.75) is 70.7 Å². The highest BCUT2D eigenvalue weighted by Gasteiger charge is 2.36. The number of nitrogens with zero attached hydrogens (tertiary/aromatic N) is 1. The van der Waals surface area contributed by atoms with Gasteiger partial charge in [-0.15, -0.1) is 0 Å². The van der Waals surface area contributed by atoms with Crippen LogP contribution in [-0.2, 0) is 32.1 Å². The molecule has 0 spiro atoms. The fourth-order valence-electron chi connectivity index (χ4n) is 4.31. The number of Topliss-reactive ketones (excluding diaryl/α,β-unsaturated/α-hetero) is 1. The number of ketones is 1. The summed E-state index contributed by atoms with van der Waals surface area (Å²) in [7, 11) is 0. The van der Waals surface area contributed by atoms with E-state index in [0.717, 1.165) is 11.1 Å². The minimum Gasteiger partial charge on any atom is -0.480 e. The van der Waals surface area contributed by atoms with Crippen LogP contribution in [0, 0.1) is 0 Å². The molecule has 1 aliphatic heterocycles. The van der Waals surface area contributed by atoms with Crippen LogP contribution < -0.4 is 10.6 Å². The Labute approximate surface area is 227 Å². The predicted octanol–water partition coefficient (Wildman–Crippen LogP) is 3.09. The zero-order valence-corrected chi connectivity index (χ0v) is 22.4. The van der Waals surface area contributed by atoms with Crippen molar-refractivity contribution in [2.24, 2.45) is 0 Å². The summed E-state index contributed by atoms with van der Waals surface area (Å²) in [6, 6.07) is 13.9. The Balaban J connectivity index is 1.67. The molecule has 2 atom stereocenters. The van der Waals surface area contributed by atoms with Crippen molar-refractivity contribution in [1.29, 1.82) is 0 Å². The quantitative estimate of drug-likeness (QED) is 0.395. The van der Waals surface area contributed by atoms with Gasteiger partial charge in [0.05, 0.1) is 0 Å². The molecule has 0 saturated carbocycles. The van der Waals surface area contributed by atoms with E-state index in [0.29, 0.717) is 5.56 Å². The Morgan fingerprint density at radius 2 is 1.62 bits per heavy atom. The highest BCUT2D eigenvalue weighted by Crippen LogP contribution is 2.25. The normalized spacial score (nSPS) is 15.5. The lowest BCUT2D eigenvalue weighted by Gasteiger charge is -2.36. The zero-order chi connectivity index (χ0) is 28.6. The van der Waals surface area contributed by atoms with Crippen LogP contribution >= 0.6 is 0 Å². The van der Waals surface area contributed by atoms with E-state index in [9.17, 15) is 29.1 Å². The Morgan fingerprint density at radius 1 is 0.974 bits per heavy atom. The number of hydrogen-bond acceptors (Lipinski definition) is 6. The lowest BCUT2D eigenvalue weighted by Crippen LogP contribution is -2.55. The molecule has 0 bridgehead atoms. The van der Waals surface area contributed by atoms with Crippen molar-refractivity contribution in [3.8, 4) is 0 Å². The second kappa shape index (κ2) is 13.0. The van der Waals surface area contributed by atoms with Crippen molar-refractivity contribution in [2.75, 3.05) is 6.54 Å². The molecule has 0 aromatic heterocycles. The van der Waals surface area contributed by atoms with Crippen molar-refractivity contribution < 1.29 is 33.8 Å². The van der Waals surface area contributed by atoms with Crippen LogP contribution in [0.3, 0.4) is 0 Å². The monoisotopic (exact) mass is 537 g/mol. The van der Waals surface area contributed by atoms with Crippen LogP contribution in [0.4, 0.5) is 4.79 Å². The summed E-state index contributed by atoms with van der Waals surface area (Å²) in [6.45, 7) is 5.26. The minimum absolute atomic E-state index is 0.0105. The van der Waals surface area contributed by atoms with Crippen LogP contribution in [0.2, 0.25) is 0 Å². The topological polar surface area (TPSA) is 142 Å². The molecular formula is C29H35N3O7. The van der Waals surface area contributed by atoms with Gasteiger partial charge in [-0.2, -0.15) is 0 Å². The second-order valence-corrected chi connectivity index (χ2v) is 10.4. The van der Waals surface area contributed by atoms with E-state index >= 15 is 0 Å². The number of rotatable bonds is 10. The number of nitrogens with one attached hydrogen (secondary N) is 2. The Morgan fingerprint density at radius 3 is 2.26 bits per heavy atom. The molecular weight excluding hydrogens is 502 g/mol. The van der Waals surface area contributed by atoms with Crippen molar-refractivity contribution in [3.05, 3.63) is 71.3 Å². The maximum Gasteiger partial charge on any atom is 0.407 e. The average molecular weight is 538 g/mol. The number of carboxylic acids is 1. The standard InChI is InChI=1S/C29H35N3O7/c1-29(2,3)39-28(38)30-16-15-22(27(36)37)31-26(35)23-17-20-11-7-8-12-21(20)18-32(23)25(34)14-13-24(33)19-9-5-4-6-10-19/h4-12,22-23H,13-18H2,1-3H3,(H,30,38)(H,31,35)(H,36,37)/t22?,23-/m0/s1. The first-order valence-electron chi connectivity index (χ1n) is 12.9. The van der Waals surface area contributed by atoms with Gasteiger partial charge in [-0.3, -0.25) is 14.4 Å². The largest absolute Gasteiger partial charge is 0.480 e. The van der Waals surface area contributed by atoms with Gasteiger partial charge in [0.25, 0.3) is 0 Å². The van der Waals surface area contributed by atoms with Gasteiger partial charge in [0, 0.05) is 37.9 Å². The summed E-state index contributed by atoms with van der Waals surface area (Å²) in [5, 5.41) is 14.7. The molecule has 3 N–H and O–H groups in total. The first-order valence-corrected chi connectivity index (χ1v) is 12.9. The van der Waals surface area contributed by atoms with Gasteiger partial charge in [0.2, 0.25) is 11.8 Å². The molecule has 1 heterocycles. The third-order valence-electron chi connectivity index (χ3n) is 6.25. The molecule has 208 valence electrons. The third kappa shape index (κ3) is 8.66. The summed E-state index contributed by atoms with van der Waals surface area (Å²) in [6.07, 6.45) is -0.652. The zero-order valence-electron chi connectivity index (χ0n) is 22.4. The van der Waals surface area contributed by atoms with E-state index in [1.165, 1.54) is 4.90 Å². The Hall–Kier alpha value is -4.21. The van der Waals surface area contributed by atoms with Gasteiger partial charge in [0.15, 0.2) is 5.78 Å². The van der Waals surface area contributed by atoms with E-state index < -0.39 is 35.7 Å². The van der Waals surface area contributed by atoms with Crippen molar-refractivity contribution >= 4 is 29.7 Å². The van der Waals surface area contributed by atoms with Crippen LogP contribution in [0.5, 0.6) is 0 Å². The van der Waals surface area contributed by atoms with Crippen LogP contribution in [0.25, 0.3) is 0 Å². The highest BCUT2D eigenvalue weighted by molar-refractivity contribution is 5.98. The van der Waals surface area contributed by atoms with Gasteiger partial charge in [-0.05, 0) is 38.3 Å². The van der Waals surface area contributed by atoms with E-state index in [1.807, 2.05) is 24.3 Å². The van der Waals surface area contributed by atoms with Crippen LogP contribution in [0.1, 0.15) is 61.5 Å². The number of amides is 3. The third-order valence-corrected chi connectivity index (χ3v) is 6.25. The fourth-order valence-corrected chi connectivity index (χ4v) is 4.31. The summed E-state index contributed by atoms with van der Waals surface area (Å²) < 4.78 is 5.14. The molecule has 2 aromatic carbocycles. The Bertz CT molecular complexity index is 1210. The number of benzene rings is 2. The number of aliphatic carboxylic acids is 1. The lowest BCUT2D eigenvalue weighted by molar-refractivity contribution is -0.145. The number of ether oxygens (including phenoxy) is 1. The lowest BCUT2D eigenvalue weighted by atomic mass is 9.92. The summed E-state index contributed by atoms with van der Waals surface area (Å²) in [5.74, 6) is -2.42. The molecule has 1 unspecified atom stereocenters. The van der Waals surface area contributed by atoms with Gasteiger partial charge < -0.3 is 25.4 Å². The van der Waals surface area contributed by atoms with Gasteiger partial charge >= 0.3 is 12.1 Å². The maximum atomic E-state index is 13.3. The predicted molar refractivity (Wildman–Crippen MR) is 143 cm³/mol. The molecule has 0 radical (unpaired) electrons. The van der Waals surface area contributed by atoms with Gasteiger partial charge in [0.1, 0.15) is 17.7 Å². The molecule has 10 heteroatoms. The SMILES string of the molecule is CC(C)(C)OC(=O)NCCC(NC(=O)[C@@H]1Cc2ccccc2CN1C(=O)CCC(=O)c1ccccc1)C(=O)O. The molecule has 0 aliphatic carbocycles. The molecule has 0 saturated heterocycles. The Kier molecular flexibility index (Phi) is 9.81. The molecule has 39 heavy (non-hydrogen) atoms. The van der Waals surface area contributed by atoms with Crippen molar-refractivity contribution in [3.63, 3.8) is 0 Å². The summed E-state index contributed by atoms with van der Waals surface area (Å²) in [4.78, 5) is 64.3.